The van der Waals surface area contributed by atoms with Crippen molar-refractivity contribution in [3.05, 3.63) is 29.8 Å². The van der Waals surface area contributed by atoms with Gasteiger partial charge in [0.15, 0.2) is 11.5 Å². The molecule has 1 aromatic carbocycles. The van der Waals surface area contributed by atoms with E-state index in [0.29, 0.717) is 13.2 Å². The molecule has 0 bridgehead atoms. The van der Waals surface area contributed by atoms with Crippen LogP contribution in [0.3, 0.4) is 0 Å². The maximum absolute atomic E-state index is 5.60. The van der Waals surface area contributed by atoms with Gasteiger partial charge in [0.1, 0.15) is 0 Å². The fraction of sp³-hybridized carbons (Fsp3) is 0.385. The highest BCUT2D eigenvalue weighted by molar-refractivity contribution is 5.62. The van der Waals surface area contributed by atoms with E-state index in [2.05, 4.69) is 0 Å². The Balaban J connectivity index is 3.09. The van der Waals surface area contributed by atoms with Crippen molar-refractivity contribution in [1.82, 2.24) is 0 Å². The summed E-state index contributed by atoms with van der Waals surface area (Å²) in [5, 5.41) is 0. The first-order valence-electron chi connectivity index (χ1n) is 5.34. The Morgan fingerprint density at radius 1 is 1.13 bits per heavy atom. The summed E-state index contributed by atoms with van der Waals surface area (Å²) < 4.78 is 11.1. The van der Waals surface area contributed by atoms with Crippen LogP contribution in [-0.2, 0) is 0 Å². The van der Waals surface area contributed by atoms with Crippen LogP contribution in [0.4, 0.5) is 0 Å². The predicted octanol–water partition coefficient (Wildman–Crippen LogP) is 3.52. The molecule has 0 aliphatic heterocycles. The van der Waals surface area contributed by atoms with E-state index in [1.807, 2.05) is 51.1 Å². The third-order valence-electron chi connectivity index (χ3n) is 1.94. The van der Waals surface area contributed by atoms with E-state index in [4.69, 9.17) is 9.47 Å². The molecule has 0 saturated heterocycles. The number of ether oxygens (including phenoxy) is 2. The minimum atomic E-state index is 0.647. The second kappa shape index (κ2) is 6.12. The molecular formula is C13H18O2. The highest BCUT2D eigenvalue weighted by Gasteiger charge is 2.07. The fourth-order valence-corrected chi connectivity index (χ4v) is 1.41. The molecule has 2 nitrogen and oxygen atoms in total. The maximum Gasteiger partial charge on any atom is 0.168 e. The number of rotatable bonds is 5. The summed E-state index contributed by atoms with van der Waals surface area (Å²) in [5.41, 5.74) is 1.06. The van der Waals surface area contributed by atoms with Gasteiger partial charge in [-0.15, -0.1) is 0 Å². The smallest absolute Gasteiger partial charge is 0.168 e. The Hall–Kier alpha value is -1.44. The van der Waals surface area contributed by atoms with Crippen LogP contribution in [0.2, 0.25) is 0 Å². The van der Waals surface area contributed by atoms with Gasteiger partial charge >= 0.3 is 0 Å². The largest absolute Gasteiger partial charge is 0.490 e. The van der Waals surface area contributed by atoms with Crippen molar-refractivity contribution in [3.8, 4) is 11.5 Å². The first-order chi connectivity index (χ1) is 7.33. The zero-order chi connectivity index (χ0) is 11.1. The van der Waals surface area contributed by atoms with Gasteiger partial charge in [-0.3, -0.25) is 0 Å². The average Bonchev–Trinajstić information content (AvgIpc) is 2.23. The molecule has 0 fully saturated rings. The van der Waals surface area contributed by atoms with E-state index in [1.54, 1.807) is 0 Å². The van der Waals surface area contributed by atoms with Gasteiger partial charge in [0.05, 0.1) is 13.2 Å². The summed E-state index contributed by atoms with van der Waals surface area (Å²) in [4.78, 5) is 0. The van der Waals surface area contributed by atoms with Crippen molar-refractivity contribution in [2.24, 2.45) is 0 Å². The van der Waals surface area contributed by atoms with Gasteiger partial charge in [-0.05, 0) is 26.8 Å². The highest BCUT2D eigenvalue weighted by atomic mass is 16.5. The lowest BCUT2D eigenvalue weighted by Gasteiger charge is -2.12. The molecule has 15 heavy (non-hydrogen) atoms. The van der Waals surface area contributed by atoms with Crippen LogP contribution >= 0.6 is 0 Å². The van der Waals surface area contributed by atoms with Crippen molar-refractivity contribution in [1.29, 1.82) is 0 Å². The predicted molar refractivity (Wildman–Crippen MR) is 63.5 cm³/mol. The lowest BCUT2D eigenvalue weighted by atomic mass is 10.1. The van der Waals surface area contributed by atoms with E-state index >= 15 is 0 Å². The maximum atomic E-state index is 5.60. The van der Waals surface area contributed by atoms with Crippen LogP contribution in [0.5, 0.6) is 11.5 Å². The van der Waals surface area contributed by atoms with Crippen molar-refractivity contribution >= 4 is 6.08 Å². The fourth-order valence-electron chi connectivity index (χ4n) is 1.41. The summed E-state index contributed by atoms with van der Waals surface area (Å²) in [6, 6.07) is 5.93. The number of hydrogen-bond donors (Lipinski definition) is 0. The molecule has 0 aliphatic rings. The Labute approximate surface area is 91.5 Å². The van der Waals surface area contributed by atoms with Crippen LogP contribution < -0.4 is 9.47 Å². The Bertz CT molecular complexity index is 329. The monoisotopic (exact) mass is 206 g/mol. The highest BCUT2D eigenvalue weighted by Crippen LogP contribution is 2.32. The van der Waals surface area contributed by atoms with Gasteiger partial charge < -0.3 is 9.47 Å². The Morgan fingerprint density at radius 3 is 2.47 bits per heavy atom. The normalized spacial score (nSPS) is 10.6. The SMILES string of the molecule is C/C=C/c1cccc(OCC)c1OCC. The standard InChI is InChI=1S/C13H18O2/c1-4-8-11-9-7-10-12(14-5-2)13(11)15-6-3/h4,7-10H,5-6H2,1-3H3/b8-4+. The summed E-state index contributed by atoms with van der Waals surface area (Å²) in [6.45, 7) is 7.23. The van der Waals surface area contributed by atoms with E-state index in [0.717, 1.165) is 17.1 Å². The van der Waals surface area contributed by atoms with Gasteiger partial charge in [-0.1, -0.05) is 24.3 Å². The average molecular weight is 206 g/mol. The van der Waals surface area contributed by atoms with E-state index in [9.17, 15) is 0 Å². The van der Waals surface area contributed by atoms with E-state index in [1.165, 1.54) is 0 Å². The van der Waals surface area contributed by atoms with Crippen molar-refractivity contribution in [2.75, 3.05) is 13.2 Å². The van der Waals surface area contributed by atoms with Crippen LogP contribution in [0.25, 0.3) is 6.08 Å². The Kier molecular flexibility index (Phi) is 4.75. The molecule has 0 N–H and O–H groups in total. The number of benzene rings is 1. The number of hydrogen-bond acceptors (Lipinski definition) is 2. The van der Waals surface area contributed by atoms with Gasteiger partial charge in [-0.2, -0.15) is 0 Å². The van der Waals surface area contributed by atoms with Gasteiger partial charge in [0, 0.05) is 5.56 Å². The molecule has 0 aromatic heterocycles. The molecule has 82 valence electrons. The second-order valence-electron chi connectivity index (χ2n) is 3.04. The third-order valence-corrected chi connectivity index (χ3v) is 1.94. The third kappa shape index (κ3) is 3.01. The van der Waals surface area contributed by atoms with Crippen LogP contribution in [0, 0.1) is 0 Å². The minimum absolute atomic E-state index is 0.647. The summed E-state index contributed by atoms with van der Waals surface area (Å²) >= 11 is 0. The van der Waals surface area contributed by atoms with Gasteiger partial charge in [-0.25, -0.2) is 0 Å². The lowest BCUT2D eigenvalue weighted by molar-refractivity contribution is 0.287. The number of allylic oxidation sites excluding steroid dienone is 1. The van der Waals surface area contributed by atoms with Crippen LogP contribution in [0.1, 0.15) is 26.3 Å². The van der Waals surface area contributed by atoms with Crippen molar-refractivity contribution < 1.29 is 9.47 Å². The first-order valence-corrected chi connectivity index (χ1v) is 5.34. The molecule has 0 saturated carbocycles. The molecule has 0 unspecified atom stereocenters. The molecule has 1 aromatic rings. The second-order valence-corrected chi connectivity index (χ2v) is 3.04. The zero-order valence-electron chi connectivity index (χ0n) is 9.62. The molecule has 1 rings (SSSR count). The van der Waals surface area contributed by atoms with Gasteiger partial charge in [0.2, 0.25) is 0 Å². The zero-order valence-corrected chi connectivity index (χ0v) is 9.62. The topological polar surface area (TPSA) is 18.5 Å². The summed E-state index contributed by atoms with van der Waals surface area (Å²) in [7, 11) is 0. The lowest BCUT2D eigenvalue weighted by Crippen LogP contribution is -1.99. The van der Waals surface area contributed by atoms with Crippen molar-refractivity contribution in [2.45, 2.75) is 20.8 Å². The van der Waals surface area contributed by atoms with Crippen LogP contribution in [0.15, 0.2) is 24.3 Å². The molecule has 0 radical (unpaired) electrons. The molecular weight excluding hydrogens is 188 g/mol. The molecule has 0 atom stereocenters. The first kappa shape index (κ1) is 11.6. The molecule has 0 aliphatic carbocycles. The quantitative estimate of drug-likeness (QED) is 0.734. The molecule has 2 heteroatoms. The molecule has 0 heterocycles. The number of para-hydroxylation sites is 1. The van der Waals surface area contributed by atoms with E-state index < -0.39 is 0 Å². The summed E-state index contributed by atoms with van der Waals surface area (Å²) in [6.07, 6.45) is 4.01. The molecule has 0 spiro atoms. The van der Waals surface area contributed by atoms with Crippen molar-refractivity contribution in [3.63, 3.8) is 0 Å². The van der Waals surface area contributed by atoms with Crippen LogP contribution in [-0.4, -0.2) is 13.2 Å². The Morgan fingerprint density at radius 2 is 1.87 bits per heavy atom. The molecule has 0 amide bonds. The van der Waals surface area contributed by atoms with E-state index in [-0.39, 0.29) is 0 Å². The minimum Gasteiger partial charge on any atom is -0.490 e. The van der Waals surface area contributed by atoms with Gasteiger partial charge in [0.25, 0.3) is 0 Å². The summed E-state index contributed by atoms with van der Waals surface area (Å²) in [5.74, 6) is 1.65.